The Kier molecular flexibility index (Phi) is 9.99. The van der Waals surface area contributed by atoms with Gasteiger partial charge < -0.3 is 15.0 Å². The zero-order valence-electron chi connectivity index (χ0n) is 22.3. The van der Waals surface area contributed by atoms with Crippen LogP contribution >= 0.6 is 15.9 Å². The summed E-state index contributed by atoms with van der Waals surface area (Å²) in [5.74, 6) is 0.291. The average Bonchev–Trinajstić information content (AvgIpc) is 3.44. The number of benzene rings is 3. The van der Waals surface area contributed by atoms with Crippen molar-refractivity contribution in [1.29, 1.82) is 0 Å². The summed E-state index contributed by atoms with van der Waals surface area (Å²) in [5, 5.41) is 3.25. The number of carbonyl (C=O) groups excluding carboxylic acids is 2. The van der Waals surface area contributed by atoms with Gasteiger partial charge in [0.25, 0.3) is 5.91 Å². The van der Waals surface area contributed by atoms with Crippen LogP contribution in [0.15, 0.2) is 77.3 Å². The highest BCUT2D eigenvalue weighted by atomic mass is 79.9. The standard InChI is InChI=1S/C32H37BrN2O3/c1-3-24-17-18-30(28(33)19-24)38-22-31(36)35(21-26-14-8-7-11-23(26)2)29(20-25-12-5-4-6-13-25)32(37)34-27-15-9-10-16-27/h4-8,11-14,17-19,27,29H,3,9-10,15-16,20-22H2,1-2H3,(H,34,37). The van der Waals surface area contributed by atoms with Crippen LogP contribution < -0.4 is 10.1 Å². The van der Waals surface area contributed by atoms with E-state index in [1.54, 1.807) is 4.90 Å². The number of amides is 2. The van der Waals surface area contributed by atoms with Gasteiger partial charge in [0.15, 0.2) is 6.61 Å². The molecule has 1 saturated carbocycles. The second kappa shape index (κ2) is 13.6. The van der Waals surface area contributed by atoms with Crippen molar-refractivity contribution >= 4 is 27.7 Å². The minimum Gasteiger partial charge on any atom is -0.483 e. The lowest BCUT2D eigenvalue weighted by Gasteiger charge is -2.32. The number of hydrogen-bond acceptors (Lipinski definition) is 3. The van der Waals surface area contributed by atoms with E-state index in [0.29, 0.717) is 18.7 Å². The van der Waals surface area contributed by atoms with Crippen molar-refractivity contribution in [3.63, 3.8) is 0 Å². The molecule has 1 N–H and O–H groups in total. The van der Waals surface area contributed by atoms with Gasteiger partial charge in [-0.3, -0.25) is 9.59 Å². The average molecular weight is 578 g/mol. The second-order valence-electron chi connectivity index (χ2n) is 10.1. The van der Waals surface area contributed by atoms with E-state index >= 15 is 0 Å². The van der Waals surface area contributed by atoms with Crippen LogP contribution in [-0.4, -0.2) is 35.4 Å². The molecule has 0 saturated heterocycles. The lowest BCUT2D eigenvalue weighted by molar-refractivity contribution is -0.143. The van der Waals surface area contributed by atoms with Gasteiger partial charge in [0.2, 0.25) is 5.91 Å². The summed E-state index contributed by atoms with van der Waals surface area (Å²) in [7, 11) is 0. The summed E-state index contributed by atoms with van der Waals surface area (Å²) in [4.78, 5) is 29.3. The smallest absolute Gasteiger partial charge is 0.261 e. The first kappa shape index (κ1) is 27.9. The maximum absolute atomic E-state index is 13.8. The molecule has 0 aliphatic heterocycles. The largest absolute Gasteiger partial charge is 0.483 e. The lowest BCUT2D eigenvalue weighted by Crippen LogP contribution is -2.53. The molecule has 38 heavy (non-hydrogen) atoms. The van der Waals surface area contributed by atoms with E-state index in [1.807, 2.05) is 79.7 Å². The van der Waals surface area contributed by atoms with Crippen LogP contribution in [0.3, 0.4) is 0 Å². The number of hydrogen-bond donors (Lipinski definition) is 1. The third-order valence-electron chi connectivity index (χ3n) is 7.33. The van der Waals surface area contributed by atoms with Crippen LogP contribution in [-0.2, 0) is 29.0 Å². The zero-order valence-corrected chi connectivity index (χ0v) is 23.9. The molecule has 4 rings (SSSR count). The third kappa shape index (κ3) is 7.47. The van der Waals surface area contributed by atoms with Crippen molar-refractivity contribution in [2.45, 2.75) is 71.0 Å². The maximum Gasteiger partial charge on any atom is 0.261 e. The minimum absolute atomic E-state index is 0.101. The molecule has 3 aromatic carbocycles. The van der Waals surface area contributed by atoms with E-state index in [1.165, 1.54) is 5.56 Å². The summed E-state index contributed by atoms with van der Waals surface area (Å²) in [6.45, 7) is 4.31. The Hall–Kier alpha value is -3.12. The molecule has 3 aromatic rings. The summed E-state index contributed by atoms with van der Waals surface area (Å²) < 4.78 is 6.81. The van der Waals surface area contributed by atoms with Gasteiger partial charge in [-0.2, -0.15) is 0 Å². The van der Waals surface area contributed by atoms with E-state index in [0.717, 1.165) is 53.3 Å². The molecule has 0 heterocycles. The fourth-order valence-electron chi connectivity index (χ4n) is 5.00. The van der Waals surface area contributed by atoms with Gasteiger partial charge in [0.05, 0.1) is 4.47 Å². The molecule has 0 bridgehead atoms. The number of ether oxygens (including phenoxy) is 1. The van der Waals surface area contributed by atoms with Crippen molar-refractivity contribution in [3.8, 4) is 5.75 Å². The molecular weight excluding hydrogens is 540 g/mol. The summed E-state index contributed by atoms with van der Waals surface area (Å²) in [6.07, 6.45) is 5.57. The molecule has 5 nitrogen and oxygen atoms in total. The van der Waals surface area contributed by atoms with Crippen LogP contribution in [0, 0.1) is 6.92 Å². The molecule has 1 fully saturated rings. The summed E-state index contributed by atoms with van der Waals surface area (Å²) in [5.41, 5.74) is 4.29. The highest BCUT2D eigenvalue weighted by Crippen LogP contribution is 2.27. The highest BCUT2D eigenvalue weighted by molar-refractivity contribution is 9.10. The molecule has 1 aliphatic rings. The van der Waals surface area contributed by atoms with Gasteiger partial charge in [0.1, 0.15) is 11.8 Å². The lowest BCUT2D eigenvalue weighted by atomic mass is 10.0. The van der Waals surface area contributed by atoms with Gasteiger partial charge in [-0.25, -0.2) is 0 Å². The van der Waals surface area contributed by atoms with E-state index < -0.39 is 6.04 Å². The van der Waals surface area contributed by atoms with Crippen LogP contribution in [0.4, 0.5) is 0 Å². The number of nitrogens with one attached hydrogen (secondary N) is 1. The van der Waals surface area contributed by atoms with E-state index in [9.17, 15) is 9.59 Å². The zero-order chi connectivity index (χ0) is 26.9. The Balaban J connectivity index is 1.62. The molecule has 2 amide bonds. The van der Waals surface area contributed by atoms with Gasteiger partial charge in [-0.05, 0) is 76.5 Å². The Morgan fingerprint density at radius 3 is 2.39 bits per heavy atom. The van der Waals surface area contributed by atoms with E-state index in [-0.39, 0.29) is 24.5 Å². The summed E-state index contributed by atoms with van der Waals surface area (Å²) >= 11 is 3.57. The van der Waals surface area contributed by atoms with Crippen LogP contribution in [0.2, 0.25) is 0 Å². The fraction of sp³-hybridized carbons (Fsp3) is 0.375. The van der Waals surface area contributed by atoms with Crippen molar-refractivity contribution in [3.05, 3.63) is 99.5 Å². The SMILES string of the molecule is CCc1ccc(OCC(=O)N(Cc2ccccc2C)C(Cc2ccccc2)C(=O)NC2CCCC2)c(Br)c1. The third-order valence-corrected chi connectivity index (χ3v) is 7.95. The predicted molar refractivity (Wildman–Crippen MR) is 155 cm³/mol. The van der Waals surface area contributed by atoms with Crippen molar-refractivity contribution in [2.75, 3.05) is 6.61 Å². The number of nitrogens with zero attached hydrogens (tertiary/aromatic N) is 1. The van der Waals surface area contributed by atoms with Crippen molar-refractivity contribution in [2.24, 2.45) is 0 Å². The van der Waals surface area contributed by atoms with Crippen LogP contribution in [0.5, 0.6) is 5.75 Å². The van der Waals surface area contributed by atoms with E-state index in [4.69, 9.17) is 4.74 Å². The Labute approximate surface area is 234 Å². The Bertz CT molecular complexity index is 1220. The number of rotatable bonds is 11. The Morgan fingerprint density at radius 1 is 1.00 bits per heavy atom. The molecule has 1 unspecified atom stereocenters. The quantitative estimate of drug-likeness (QED) is 0.287. The van der Waals surface area contributed by atoms with Crippen LogP contribution in [0.1, 0.15) is 54.9 Å². The molecule has 1 aliphatic carbocycles. The fourth-order valence-corrected chi connectivity index (χ4v) is 5.54. The maximum atomic E-state index is 13.8. The van der Waals surface area contributed by atoms with Crippen molar-refractivity contribution < 1.29 is 14.3 Å². The normalized spacial score (nSPS) is 14.2. The monoisotopic (exact) mass is 576 g/mol. The first-order valence-electron chi connectivity index (χ1n) is 13.5. The Morgan fingerprint density at radius 2 is 1.71 bits per heavy atom. The van der Waals surface area contributed by atoms with Crippen LogP contribution in [0.25, 0.3) is 0 Å². The minimum atomic E-state index is -0.653. The van der Waals surface area contributed by atoms with Gasteiger partial charge in [0, 0.05) is 19.0 Å². The number of carbonyl (C=O) groups is 2. The first-order chi connectivity index (χ1) is 18.4. The highest BCUT2D eigenvalue weighted by Gasteiger charge is 2.32. The second-order valence-corrected chi connectivity index (χ2v) is 10.9. The molecule has 200 valence electrons. The molecule has 1 atom stereocenters. The first-order valence-corrected chi connectivity index (χ1v) is 14.3. The summed E-state index contributed by atoms with van der Waals surface area (Å²) in [6, 6.07) is 23.3. The van der Waals surface area contributed by atoms with Crippen molar-refractivity contribution in [1.82, 2.24) is 10.2 Å². The molecule has 6 heteroatoms. The molecule has 0 aromatic heterocycles. The topological polar surface area (TPSA) is 58.6 Å². The predicted octanol–water partition coefficient (Wildman–Crippen LogP) is 6.40. The molecule has 0 spiro atoms. The molecule has 0 radical (unpaired) electrons. The number of halogens is 1. The van der Waals surface area contributed by atoms with Gasteiger partial charge in [-0.1, -0.05) is 80.4 Å². The van der Waals surface area contributed by atoms with Gasteiger partial charge in [-0.15, -0.1) is 0 Å². The number of aryl methyl sites for hydroxylation is 2. The van der Waals surface area contributed by atoms with Gasteiger partial charge >= 0.3 is 0 Å². The van der Waals surface area contributed by atoms with E-state index in [2.05, 4.69) is 28.2 Å². The molecular formula is C32H37BrN2O3.